The van der Waals surface area contributed by atoms with Gasteiger partial charge in [0.15, 0.2) is 0 Å². The van der Waals surface area contributed by atoms with Crippen LogP contribution in [0, 0.1) is 11.6 Å². The summed E-state index contributed by atoms with van der Waals surface area (Å²) in [6, 6.07) is 10.1. The number of nitrogens with zero attached hydrogens (tertiary/aromatic N) is 2. The van der Waals surface area contributed by atoms with E-state index < -0.39 is 21.7 Å². The number of hydrogen-bond donors (Lipinski definition) is 0. The standard InChI is InChI=1S/C17H20F2N2O2S/c1-20(2)24(22,23)16-6-4-5-13(9-16)11-21(3)12-14-7-8-15(18)10-17(14)19/h4-10H,11-12H2,1-3H3. The molecule has 2 aromatic rings. The summed E-state index contributed by atoms with van der Waals surface area (Å²) in [4.78, 5) is 2.05. The predicted molar refractivity (Wildman–Crippen MR) is 88.8 cm³/mol. The smallest absolute Gasteiger partial charge is 0.242 e. The van der Waals surface area contributed by atoms with E-state index in [1.54, 1.807) is 25.2 Å². The molecule has 0 radical (unpaired) electrons. The molecule has 0 unspecified atom stereocenters. The van der Waals surface area contributed by atoms with Crippen LogP contribution in [0.1, 0.15) is 11.1 Å². The van der Waals surface area contributed by atoms with Crippen LogP contribution in [-0.2, 0) is 23.1 Å². The highest BCUT2D eigenvalue weighted by Gasteiger charge is 2.17. The molecule has 0 spiro atoms. The van der Waals surface area contributed by atoms with E-state index in [2.05, 4.69) is 0 Å². The van der Waals surface area contributed by atoms with Crippen molar-refractivity contribution < 1.29 is 17.2 Å². The summed E-state index contributed by atoms with van der Waals surface area (Å²) in [7, 11) is 1.25. The van der Waals surface area contributed by atoms with E-state index in [0.717, 1.165) is 15.9 Å². The Hall–Kier alpha value is -1.83. The van der Waals surface area contributed by atoms with Gasteiger partial charge in [0.1, 0.15) is 11.6 Å². The van der Waals surface area contributed by atoms with Gasteiger partial charge in [0, 0.05) is 38.8 Å². The van der Waals surface area contributed by atoms with Crippen LogP contribution in [0.5, 0.6) is 0 Å². The summed E-state index contributed by atoms with van der Waals surface area (Å²) in [5, 5.41) is 0. The number of halogens is 2. The first-order valence-electron chi connectivity index (χ1n) is 7.34. The molecule has 2 rings (SSSR count). The molecule has 0 N–H and O–H groups in total. The van der Waals surface area contributed by atoms with Gasteiger partial charge in [-0.1, -0.05) is 18.2 Å². The first kappa shape index (κ1) is 18.5. The van der Waals surface area contributed by atoms with E-state index in [-0.39, 0.29) is 11.4 Å². The second-order valence-electron chi connectivity index (χ2n) is 5.84. The van der Waals surface area contributed by atoms with E-state index in [0.29, 0.717) is 12.1 Å². The Kier molecular flexibility index (Phi) is 5.69. The Morgan fingerprint density at radius 3 is 2.29 bits per heavy atom. The zero-order chi connectivity index (χ0) is 17.9. The van der Waals surface area contributed by atoms with E-state index >= 15 is 0 Å². The van der Waals surface area contributed by atoms with Crippen LogP contribution in [-0.4, -0.2) is 38.8 Å². The lowest BCUT2D eigenvalue weighted by Crippen LogP contribution is -2.23. The Labute approximate surface area is 141 Å². The maximum Gasteiger partial charge on any atom is 0.242 e. The molecule has 0 aliphatic rings. The van der Waals surface area contributed by atoms with Crippen molar-refractivity contribution in [1.82, 2.24) is 9.21 Å². The molecular weight excluding hydrogens is 334 g/mol. The quantitative estimate of drug-likeness (QED) is 0.801. The van der Waals surface area contributed by atoms with Gasteiger partial charge >= 0.3 is 0 Å². The van der Waals surface area contributed by atoms with Crippen molar-refractivity contribution >= 4 is 10.0 Å². The third-order valence-corrected chi connectivity index (χ3v) is 5.40. The fraction of sp³-hybridized carbons (Fsp3) is 0.294. The van der Waals surface area contributed by atoms with Gasteiger partial charge < -0.3 is 0 Å². The lowest BCUT2D eigenvalue weighted by molar-refractivity contribution is 0.313. The normalized spacial score (nSPS) is 12.1. The Morgan fingerprint density at radius 1 is 0.958 bits per heavy atom. The summed E-state index contributed by atoms with van der Waals surface area (Å²) in [5.74, 6) is -1.20. The number of sulfonamides is 1. The fourth-order valence-electron chi connectivity index (χ4n) is 2.32. The molecule has 0 heterocycles. The van der Waals surface area contributed by atoms with Gasteiger partial charge in [0.2, 0.25) is 10.0 Å². The first-order valence-corrected chi connectivity index (χ1v) is 8.78. The monoisotopic (exact) mass is 354 g/mol. The molecule has 4 nitrogen and oxygen atoms in total. The Balaban J connectivity index is 2.13. The van der Waals surface area contributed by atoms with Crippen molar-refractivity contribution in [3.8, 4) is 0 Å². The van der Waals surface area contributed by atoms with Crippen molar-refractivity contribution in [2.75, 3.05) is 21.1 Å². The van der Waals surface area contributed by atoms with Crippen LogP contribution in [0.4, 0.5) is 8.78 Å². The molecule has 0 aliphatic carbocycles. The molecule has 0 bridgehead atoms. The molecule has 0 fully saturated rings. The van der Waals surface area contributed by atoms with E-state index in [4.69, 9.17) is 0 Å². The second-order valence-corrected chi connectivity index (χ2v) is 7.99. The topological polar surface area (TPSA) is 40.6 Å². The minimum Gasteiger partial charge on any atom is -0.298 e. The number of hydrogen-bond acceptors (Lipinski definition) is 3. The van der Waals surface area contributed by atoms with E-state index in [1.165, 1.54) is 26.2 Å². The van der Waals surface area contributed by atoms with Crippen LogP contribution in [0.25, 0.3) is 0 Å². The van der Waals surface area contributed by atoms with Crippen molar-refractivity contribution in [3.63, 3.8) is 0 Å². The van der Waals surface area contributed by atoms with Gasteiger partial charge in [-0.15, -0.1) is 0 Å². The molecule has 130 valence electrons. The molecule has 0 saturated carbocycles. The van der Waals surface area contributed by atoms with Crippen molar-refractivity contribution in [2.24, 2.45) is 0 Å². The molecule has 0 aromatic heterocycles. The molecule has 7 heteroatoms. The predicted octanol–water partition coefficient (Wildman–Crippen LogP) is 2.85. The molecule has 0 saturated heterocycles. The fourth-order valence-corrected chi connectivity index (χ4v) is 3.30. The van der Waals surface area contributed by atoms with E-state index in [9.17, 15) is 17.2 Å². The van der Waals surface area contributed by atoms with Gasteiger partial charge in [-0.2, -0.15) is 0 Å². The van der Waals surface area contributed by atoms with Crippen molar-refractivity contribution in [3.05, 3.63) is 65.2 Å². The zero-order valence-corrected chi connectivity index (χ0v) is 14.6. The van der Waals surface area contributed by atoms with Gasteiger partial charge in [-0.25, -0.2) is 21.5 Å². The van der Waals surface area contributed by atoms with Crippen LogP contribution < -0.4 is 0 Å². The third kappa shape index (κ3) is 4.37. The van der Waals surface area contributed by atoms with E-state index in [1.807, 2.05) is 11.0 Å². The van der Waals surface area contributed by atoms with Crippen molar-refractivity contribution in [2.45, 2.75) is 18.0 Å². The lowest BCUT2D eigenvalue weighted by atomic mass is 10.1. The summed E-state index contributed by atoms with van der Waals surface area (Å²) in [6.07, 6.45) is 0. The molecule has 0 aliphatic heterocycles. The first-order chi connectivity index (χ1) is 11.2. The molecule has 0 atom stereocenters. The maximum absolute atomic E-state index is 13.7. The average molecular weight is 354 g/mol. The summed E-state index contributed by atoms with van der Waals surface area (Å²) in [6.45, 7) is 0.727. The van der Waals surface area contributed by atoms with Gasteiger partial charge in [0.05, 0.1) is 4.90 Å². The second kappa shape index (κ2) is 7.38. The Bertz CT molecular complexity index is 823. The molecular formula is C17H20F2N2O2S. The van der Waals surface area contributed by atoms with Crippen LogP contribution >= 0.6 is 0 Å². The van der Waals surface area contributed by atoms with Crippen LogP contribution in [0.2, 0.25) is 0 Å². The summed E-state index contributed by atoms with van der Waals surface area (Å²) < 4.78 is 52.1. The van der Waals surface area contributed by atoms with Gasteiger partial charge in [0.25, 0.3) is 0 Å². The molecule has 0 amide bonds. The molecule has 2 aromatic carbocycles. The van der Waals surface area contributed by atoms with Crippen molar-refractivity contribution in [1.29, 1.82) is 0 Å². The minimum atomic E-state index is -3.49. The van der Waals surface area contributed by atoms with Gasteiger partial charge in [-0.05, 0) is 30.8 Å². The highest BCUT2D eigenvalue weighted by molar-refractivity contribution is 7.89. The number of benzene rings is 2. The summed E-state index contributed by atoms with van der Waals surface area (Å²) >= 11 is 0. The highest BCUT2D eigenvalue weighted by atomic mass is 32.2. The lowest BCUT2D eigenvalue weighted by Gasteiger charge is -2.18. The summed E-state index contributed by atoms with van der Waals surface area (Å²) in [5.41, 5.74) is 1.18. The maximum atomic E-state index is 13.7. The SMILES string of the molecule is CN(Cc1cccc(S(=O)(=O)N(C)C)c1)Cc1ccc(F)cc1F. The Morgan fingerprint density at radius 2 is 1.67 bits per heavy atom. The largest absolute Gasteiger partial charge is 0.298 e. The van der Waals surface area contributed by atoms with Gasteiger partial charge in [-0.3, -0.25) is 4.90 Å². The average Bonchev–Trinajstić information content (AvgIpc) is 2.50. The van der Waals surface area contributed by atoms with Crippen LogP contribution in [0.15, 0.2) is 47.4 Å². The highest BCUT2D eigenvalue weighted by Crippen LogP contribution is 2.17. The minimum absolute atomic E-state index is 0.214. The molecule has 24 heavy (non-hydrogen) atoms. The zero-order valence-electron chi connectivity index (χ0n) is 13.8. The third-order valence-electron chi connectivity index (χ3n) is 3.58. The number of rotatable bonds is 6. The van der Waals surface area contributed by atoms with Crippen LogP contribution in [0.3, 0.4) is 0 Å².